The van der Waals surface area contributed by atoms with E-state index in [4.69, 9.17) is 0 Å². The maximum absolute atomic E-state index is 12.3. The number of nitrogens with one attached hydrogen (secondary N) is 1. The molecule has 0 aromatic heterocycles. The lowest BCUT2D eigenvalue weighted by atomic mass is 10.1. The van der Waals surface area contributed by atoms with Crippen LogP contribution < -0.4 is 5.32 Å². The molecule has 0 fully saturated rings. The SMILES string of the molecule is CSC(C)CNCc1ccc(C(F)F)cc1. The first-order valence-corrected chi connectivity index (χ1v) is 6.52. The van der Waals surface area contributed by atoms with Gasteiger partial charge in [-0.3, -0.25) is 0 Å². The van der Waals surface area contributed by atoms with E-state index in [1.54, 1.807) is 23.9 Å². The number of rotatable bonds is 6. The smallest absolute Gasteiger partial charge is 0.263 e. The van der Waals surface area contributed by atoms with E-state index in [1.807, 2.05) is 0 Å². The van der Waals surface area contributed by atoms with Crippen molar-refractivity contribution in [1.29, 1.82) is 0 Å². The summed E-state index contributed by atoms with van der Waals surface area (Å²) >= 11 is 1.80. The van der Waals surface area contributed by atoms with E-state index in [0.717, 1.165) is 18.7 Å². The number of halogens is 2. The zero-order valence-electron chi connectivity index (χ0n) is 9.54. The van der Waals surface area contributed by atoms with E-state index >= 15 is 0 Å². The van der Waals surface area contributed by atoms with Gasteiger partial charge in [0.1, 0.15) is 0 Å². The number of hydrogen-bond donors (Lipinski definition) is 1. The summed E-state index contributed by atoms with van der Waals surface area (Å²) in [6.45, 7) is 3.81. The van der Waals surface area contributed by atoms with Crippen LogP contribution in [0.3, 0.4) is 0 Å². The van der Waals surface area contributed by atoms with Gasteiger partial charge < -0.3 is 5.32 Å². The summed E-state index contributed by atoms with van der Waals surface area (Å²) in [6, 6.07) is 6.47. The highest BCUT2D eigenvalue weighted by Crippen LogP contribution is 2.18. The molecule has 0 radical (unpaired) electrons. The van der Waals surface area contributed by atoms with Crippen LogP contribution in [0.5, 0.6) is 0 Å². The summed E-state index contributed by atoms with van der Waals surface area (Å²) in [5.74, 6) is 0. The second kappa shape index (κ2) is 6.86. The number of thioether (sulfide) groups is 1. The monoisotopic (exact) mass is 245 g/mol. The lowest BCUT2D eigenvalue weighted by molar-refractivity contribution is 0.151. The topological polar surface area (TPSA) is 12.0 Å². The highest BCUT2D eigenvalue weighted by atomic mass is 32.2. The fourth-order valence-corrected chi connectivity index (χ4v) is 1.57. The highest BCUT2D eigenvalue weighted by Gasteiger charge is 2.05. The molecule has 1 aromatic carbocycles. The van der Waals surface area contributed by atoms with Crippen molar-refractivity contribution in [2.75, 3.05) is 12.8 Å². The Morgan fingerprint density at radius 3 is 2.38 bits per heavy atom. The number of benzene rings is 1. The fraction of sp³-hybridized carbons (Fsp3) is 0.500. The number of alkyl halides is 2. The molecule has 16 heavy (non-hydrogen) atoms. The van der Waals surface area contributed by atoms with Crippen molar-refractivity contribution in [1.82, 2.24) is 5.32 Å². The molecule has 1 atom stereocenters. The minimum Gasteiger partial charge on any atom is -0.312 e. The molecule has 0 saturated heterocycles. The first-order valence-electron chi connectivity index (χ1n) is 5.24. The third kappa shape index (κ3) is 4.49. The van der Waals surface area contributed by atoms with Crippen molar-refractivity contribution in [2.45, 2.75) is 25.1 Å². The van der Waals surface area contributed by atoms with Gasteiger partial charge in [0, 0.05) is 23.9 Å². The molecular formula is C12H17F2NS. The van der Waals surface area contributed by atoms with Crippen LogP contribution in [0, 0.1) is 0 Å². The summed E-state index contributed by atoms with van der Waals surface area (Å²) in [7, 11) is 0. The Morgan fingerprint density at radius 2 is 1.88 bits per heavy atom. The Kier molecular flexibility index (Phi) is 5.77. The molecule has 1 N–H and O–H groups in total. The van der Waals surface area contributed by atoms with Gasteiger partial charge in [0.25, 0.3) is 6.43 Å². The average Bonchev–Trinajstić information content (AvgIpc) is 2.29. The van der Waals surface area contributed by atoms with Gasteiger partial charge in [0.05, 0.1) is 0 Å². The third-order valence-electron chi connectivity index (χ3n) is 2.39. The van der Waals surface area contributed by atoms with Crippen LogP contribution in [0.4, 0.5) is 8.78 Å². The first-order chi connectivity index (χ1) is 7.63. The van der Waals surface area contributed by atoms with Crippen molar-refractivity contribution in [3.63, 3.8) is 0 Å². The Labute approximate surface area is 99.6 Å². The number of hydrogen-bond acceptors (Lipinski definition) is 2. The normalized spacial score (nSPS) is 13.1. The lowest BCUT2D eigenvalue weighted by Crippen LogP contribution is -2.21. The summed E-state index contributed by atoms with van der Waals surface area (Å²) in [5.41, 5.74) is 1.12. The van der Waals surface area contributed by atoms with Crippen LogP contribution in [-0.2, 0) is 6.54 Å². The predicted octanol–water partition coefficient (Wildman–Crippen LogP) is 3.47. The van der Waals surface area contributed by atoms with Crippen molar-refractivity contribution < 1.29 is 8.78 Å². The molecule has 0 spiro atoms. The molecule has 0 heterocycles. The van der Waals surface area contributed by atoms with E-state index in [0.29, 0.717) is 5.25 Å². The van der Waals surface area contributed by atoms with Crippen molar-refractivity contribution in [2.24, 2.45) is 0 Å². The lowest BCUT2D eigenvalue weighted by Gasteiger charge is -2.10. The molecule has 1 rings (SSSR count). The van der Waals surface area contributed by atoms with Gasteiger partial charge in [0.15, 0.2) is 0 Å². The minimum absolute atomic E-state index is 0.0845. The summed E-state index contributed by atoms with van der Waals surface area (Å²) in [4.78, 5) is 0. The average molecular weight is 245 g/mol. The molecular weight excluding hydrogens is 228 g/mol. The highest BCUT2D eigenvalue weighted by molar-refractivity contribution is 7.99. The zero-order chi connectivity index (χ0) is 12.0. The molecule has 0 aliphatic carbocycles. The molecule has 1 nitrogen and oxygen atoms in total. The maximum Gasteiger partial charge on any atom is 0.263 e. The molecule has 0 bridgehead atoms. The first kappa shape index (κ1) is 13.5. The molecule has 0 saturated carbocycles. The molecule has 1 aromatic rings. The van der Waals surface area contributed by atoms with Crippen LogP contribution >= 0.6 is 11.8 Å². The van der Waals surface area contributed by atoms with E-state index in [9.17, 15) is 8.78 Å². The van der Waals surface area contributed by atoms with E-state index in [1.165, 1.54) is 12.1 Å². The van der Waals surface area contributed by atoms with Gasteiger partial charge in [-0.15, -0.1) is 0 Å². The van der Waals surface area contributed by atoms with Crippen LogP contribution in [0.25, 0.3) is 0 Å². The van der Waals surface area contributed by atoms with Crippen molar-refractivity contribution in [3.8, 4) is 0 Å². The van der Waals surface area contributed by atoms with E-state index < -0.39 is 6.43 Å². The van der Waals surface area contributed by atoms with E-state index in [2.05, 4.69) is 18.5 Å². The second-order valence-electron chi connectivity index (χ2n) is 3.72. The van der Waals surface area contributed by atoms with Crippen molar-refractivity contribution in [3.05, 3.63) is 35.4 Å². The molecule has 4 heteroatoms. The third-order valence-corrected chi connectivity index (χ3v) is 3.37. The van der Waals surface area contributed by atoms with Gasteiger partial charge in [-0.1, -0.05) is 31.2 Å². The van der Waals surface area contributed by atoms with E-state index in [-0.39, 0.29) is 5.56 Å². The quantitative estimate of drug-likeness (QED) is 0.823. The van der Waals surface area contributed by atoms with Crippen molar-refractivity contribution >= 4 is 11.8 Å². The molecule has 0 amide bonds. The molecule has 90 valence electrons. The Hall–Kier alpha value is -0.610. The van der Waals surface area contributed by atoms with Crippen LogP contribution in [0.2, 0.25) is 0 Å². The van der Waals surface area contributed by atoms with Crippen LogP contribution in [0.1, 0.15) is 24.5 Å². The Balaban J connectivity index is 2.38. The predicted molar refractivity (Wildman–Crippen MR) is 66.1 cm³/mol. The minimum atomic E-state index is -2.38. The van der Waals surface area contributed by atoms with Gasteiger partial charge >= 0.3 is 0 Å². The van der Waals surface area contributed by atoms with Gasteiger partial charge in [-0.05, 0) is 11.8 Å². The second-order valence-corrected chi connectivity index (χ2v) is 5.00. The molecule has 0 aliphatic heterocycles. The molecule has 0 aliphatic rings. The van der Waals surface area contributed by atoms with Crippen LogP contribution in [-0.4, -0.2) is 18.1 Å². The maximum atomic E-state index is 12.3. The molecule has 1 unspecified atom stereocenters. The summed E-state index contributed by atoms with van der Waals surface area (Å²) in [6.07, 6.45) is -0.303. The Morgan fingerprint density at radius 1 is 1.25 bits per heavy atom. The van der Waals surface area contributed by atoms with Gasteiger partial charge in [-0.2, -0.15) is 11.8 Å². The van der Waals surface area contributed by atoms with Crippen LogP contribution in [0.15, 0.2) is 24.3 Å². The zero-order valence-corrected chi connectivity index (χ0v) is 10.4. The van der Waals surface area contributed by atoms with Gasteiger partial charge in [-0.25, -0.2) is 8.78 Å². The standard InChI is InChI=1S/C12H17F2NS/c1-9(16-2)7-15-8-10-3-5-11(6-4-10)12(13)14/h3-6,9,12,15H,7-8H2,1-2H3. The fourth-order valence-electron chi connectivity index (χ4n) is 1.28. The Bertz CT molecular complexity index is 300. The summed E-state index contributed by atoms with van der Waals surface area (Å²) in [5, 5.41) is 3.86. The summed E-state index contributed by atoms with van der Waals surface area (Å²) < 4.78 is 24.6. The largest absolute Gasteiger partial charge is 0.312 e. The van der Waals surface area contributed by atoms with Gasteiger partial charge in [0.2, 0.25) is 0 Å².